The number of carbonyl (C=O) groups is 1. The number of hydrogen-bond donors (Lipinski definition) is 2. The maximum Gasteiger partial charge on any atom is 0.274 e. The molecule has 0 spiro atoms. The van der Waals surface area contributed by atoms with Crippen LogP contribution in [0.4, 0.5) is 5.69 Å². The van der Waals surface area contributed by atoms with E-state index in [-0.39, 0.29) is 5.91 Å². The molecule has 4 aromatic heterocycles. The molecule has 0 radical (unpaired) electrons. The Labute approximate surface area is 196 Å². The van der Waals surface area contributed by atoms with Crippen molar-refractivity contribution in [1.29, 1.82) is 0 Å². The van der Waals surface area contributed by atoms with Crippen molar-refractivity contribution in [2.45, 2.75) is 33.0 Å². The SMILES string of the molecule is CCc1nn(Cc2cccc(OC(C)N)n2)c2cccc(NC(=O)c3cnc4ccccn34)c12. The third-order valence-electron chi connectivity index (χ3n) is 5.48. The third kappa shape index (κ3) is 4.08. The highest BCUT2D eigenvalue weighted by atomic mass is 16.5. The monoisotopic (exact) mass is 455 g/mol. The van der Waals surface area contributed by atoms with E-state index < -0.39 is 6.23 Å². The average Bonchev–Trinajstić information content (AvgIpc) is 3.41. The van der Waals surface area contributed by atoms with Crippen LogP contribution in [0.25, 0.3) is 16.6 Å². The van der Waals surface area contributed by atoms with Gasteiger partial charge in [0.25, 0.3) is 5.91 Å². The molecule has 9 nitrogen and oxygen atoms in total. The number of fused-ring (bicyclic) bond motifs is 2. The van der Waals surface area contributed by atoms with Gasteiger partial charge in [0.1, 0.15) is 17.6 Å². The highest BCUT2D eigenvalue weighted by Gasteiger charge is 2.18. The van der Waals surface area contributed by atoms with Gasteiger partial charge in [0, 0.05) is 17.6 Å². The highest BCUT2D eigenvalue weighted by Crippen LogP contribution is 2.28. The van der Waals surface area contributed by atoms with Crippen LogP contribution in [-0.4, -0.2) is 36.3 Å². The molecule has 172 valence electrons. The predicted octanol–water partition coefficient (Wildman–Crippen LogP) is 3.63. The van der Waals surface area contributed by atoms with Crippen molar-refractivity contribution < 1.29 is 9.53 Å². The minimum atomic E-state index is -0.445. The Morgan fingerprint density at radius 2 is 2.00 bits per heavy atom. The first-order valence-corrected chi connectivity index (χ1v) is 11.1. The lowest BCUT2D eigenvalue weighted by atomic mass is 10.1. The van der Waals surface area contributed by atoms with Gasteiger partial charge in [-0.3, -0.25) is 19.6 Å². The van der Waals surface area contributed by atoms with Crippen molar-refractivity contribution in [2.75, 3.05) is 5.32 Å². The molecule has 1 amide bonds. The van der Waals surface area contributed by atoms with Crippen LogP contribution in [0.1, 0.15) is 35.7 Å². The second-order valence-electron chi connectivity index (χ2n) is 7.97. The number of rotatable bonds is 7. The number of aromatic nitrogens is 5. The minimum Gasteiger partial charge on any atom is -0.459 e. The van der Waals surface area contributed by atoms with Gasteiger partial charge >= 0.3 is 0 Å². The molecule has 0 aliphatic heterocycles. The first-order valence-electron chi connectivity index (χ1n) is 11.1. The number of anilines is 1. The lowest BCUT2D eigenvalue weighted by molar-refractivity contribution is 0.102. The quantitative estimate of drug-likeness (QED) is 0.363. The summed E-state index contributed by atoms with van der Waals surface area (Å²) < 4.78 is 9.18. The topological polar surface area (TPSA) is 112 Å². The zero-order valence-corrected chi connectivity index (χ0v) is 19.0. The number of benzene rings is 1. The first kappa shape index (κ1) is 21.6. The van der Waals surface area contributed by atoms with E-state index in [0.29, 0.717) is 30.2 Å². The van der Waals surface area contributed by atoms with Gasteiger partial charge < -0.3 is 10.1 Å². The zero-order chi connectivity index (χ0) is 23.7. The molecule has 5 rings (SSSR count). The number of amides is 1. The fraction of sp³-hybridized carbons (Fsp3) is 0.200. The Morgan fingerprint density at radius 3 is 2.82 bits per heavy atom. The van der Waals surface area contributed by atoms with Gasteiger partial charge in [0.2, 0.25) is 5.88 Å². The van der Waals surface area contributed by atoms with E-state index in [1.54, 1.807) is 23.6 Å². The standard InChI is InChI=1S/C25H25N7O2/c1-3-18-24-19(29-25(33)21-14-27-22-11-4-5-13-31(21)22)9-7-10-20(24)32(30-18)15-17-8-6-12-23(28-17)34-16(2)26/h4-14,16H,3,15,26H2,1-2H3,(H,29,33). The van der Waals surface area contributed by atoms with Crippen LogP contribution in [-0.2, 0) is 13.0 Å². The first-order chi connectivity index (χ1) is 16.5. The second kappa shape index (κ2) is 8.95. The molecule has 5 aromatic rings. The molecule has 4 heterocycles. The number of aryl methyl sites for hydroxylation is 1. The molecule has 3 N–H and O–H groups in total. The molecule has 1 atom stereocenters. The van der Waals surface area contributed by atoms with Gasteiger partial charge in [-0.2, -0.15) is 5.10 Å². The van der Waals surface area contributed by atoms with E-state index in [1.807, 2.05) is 66.3 Å². The van der Waals surface area contributed by atoms with E-state index >= 15 is 0 Å². The summed E-state index contributed by atoms with van der Waals surface area (Å²) in [7, 11) is 0. The molecule has 0 fully saturated rings. The van der Waals surface area contributed by atoms with E-state index in [4.69, 9.17) is 15.6 Å². The predicted molar refractivity (Wildman–Crippen MR) is 130 cm³/mol. The number of nitrogens with two attached hydrogens (primary N) is 1. The number of carbonyl (C=O) groups excluding carboxylic acids is 1. The fourth-order valence-corrected chi connectivity index (χ4v) is 4.02. The van der Waals surface area contributed by atoms with Crippen LogP contribution in [0.2, 0.25) is 0 Å². The average molecular weight is 456 g/mol. The van der Waals surface area contributed by atoms with E-state index in [1.165, 1.54) is 0 Å². The van der Waals surface area contributed by atoms with Gasteiger partial charge in [-0.15, -0.1) is 0 Å². The van der Waals surface area contributed by atoms with Crippen molar-refractivity contribution in [2.24, 2.45) is 5.73 Å². The number of hydrogen-bond acceptors (Lipinski definition) is 6. The molecule has 0 saturated heterocycles. The van der Waals surface area contributed by atoms with Gasteiger partial charge in [-0.25, -0.2) is 9.97 Å². The Balaban J connectivity index is 1.48. The molecule has 34 heavy (non-hydrogen) atoms. The van der Waals surface area contributed by atoms with Gasteiger partial charge in [0.15, 0.2) is 0 Å². The maximum absolute atomic E-state index is 13.1. The van der Waals surface area contributed by atoms with Crippen molar-refractivity contribution in [3.8, 4) is 5.88 Å². The summed E-state index contributed by atoms with van der Waals surface area (Å²) >= 11 is 0. The number of imidazole rings is 1. The van der Waals surface area contributed by atoms with Gasteiger partial charge in [-0.1, -0.05) is 25.1 Å². The highest BCUT2D eigenvalue weighted by molar-refractivity contribution is 6.08. The van der Waals surface area contributed by atoms with Crippen molar-refractivity contribution in [3.63, 3.8) is 0 Å². The Hall–Kier alpha value is -4.24. The number of nitrogens with zero attached hydrogens (tertiary/aromatic N) is 5. The summed E-state index contributed by atoms with van der Waals surface area (Å²) in [6, 6.07) is 17.0. The summed E-state index contributed by atoms with van der Waals surface area (Å²) in [6.07, 6.45) is 3.67. The summed E-state index contributed by atoms with van der Waals surface area (Å²) in [5.74, 6) is 0.240. The Bertz CT molecular complexity index is 1490. The summed E-state index contributed by atoms with van der Waals surface area (Å²) in [5.41, 5.74) is 10.2. The van der Waals surface area contributed by atoms with Crippen molar-refractivity contribution in [3.05, 3.63) is 84.1 Å². The molecule has 0 saturated carbocycles. The van der Waals surface area contributed by atoms with Crippen molar-refractivity contribution >= 4 is 28.1 Å². The molecule has 0 aliphatic rings. The van der Waals surface area contributed by atoms with Gasteiger partial charge in [0.05, 0.1) is 35.3 Å². The van der Waals surface area contributed by atoms with E-state index in [9.17, 15) is 4.79 Å². The zero-order valence-electron chi connectivity index (χ0n) is 19.0. The molecule has 0 bridgehead atoms. The summed E-state index contributed by atoms with van der Waals surface area (Å²) in [4.78, 5) is 22.0. The third-order valence-corrected chi connectivity index (χ3v) is 5.48. The molecule has 1 aromatic carbocycles. The molecular formula is C25H25N7O2. The number of ether oxygens (including phenoxy) is 1. The largest absolute Gasteiger partial charge is 0.459 e. The molecule has 9 heteroatoms. The van der Waals surface area contributed by atoms with E-state index in [2.05, 4.69) is 15.3 Å². The van der Waals surface area contributed by atoms with Crippen LogP contribution in [0.3, 0.4) is 0 Å². The normalized spacial score (nSPS) is 12.2. The van der Waals surface area contributed by atoms with Gasteiger partial charge in [-0.05, 0) is 43.7 Å². The van der Waals surface area contributed by atoms with Crippen LogP contribution in [0, 0.1) is 0 Å². The number of pyridine rings is 2. The van der Waals surface area contributed by atoms with Crippen LogP contribution >= 0.6 is 0 Å². The summed E-state index contributed by atoms with van der Waals surface area (Å²) in [6.45, 7) is 4.26. The fourth-order valence-electron chi connectivity index (χ4n) is 4.02. The minimum absolute atomic E-state index is 0.233. The second-order valence-corrected chi connectivity index (χ2v) is 7.97. The summed E-state index contributed by atoms with van der Waals surface area (Å²) in [5, 5.41) is 8.79. The van der Waals surface area contributed by atoms with E-state index in [0.717, 1.165) is 27.9 Å². The molecular weight excluding hydrogens is 430 g/mol. The Kier molecular flexibility index (Phi) is 5.69. The van der Waals surface area contributed by atoms with Crippen LogP contribution in [0.5, 0.6) is 5.88 Å². The lowest BCUT2D eigenvalue weighted by Gasteiger charge is -2.10. The number of nitrogens with one attached hydrogen (secondary N) is 1. The van der Waals surface area contributed by atoms with Crippen molar-refractivity contribution in [1.82, 2.24) is 24.1 Å². The lowest BCUT2D eigenvalue weighted by Crippen LogP contribution is -2.23. The smallest absolute Gasteiger partial charge is 0.274 e. The Morgan fingerprint density at radius 1 is 1.15 bits per heavy atom. The molecule has 1 unspecified atom stereocenters. The van der Waals surface area contributed by atoms with Crippen LogP contribution in [0.15, 0.2) is 67.0 Å². The maximum atomic E-state index is 13.1. The molecule has 0 aliphatic carbocycles. The van der Waals surface area contributed by atoms with Crippen LogP contribution < -0.4 is 15.8 Å².